The molecule has 2 aromatic carbocycles. The number of alkyl halides is 3. The largest absolute Gasteiger partial charge is 0.483 e. The molecule has 0 aliphatic heterocycles. The number of hydrogen-bond acceptors (Lipinski definition) is 2. The maximum absolute atomic E-state index is 12.7. The second-order valence-electron chi connectivity index (χ2n) is 5.61. The molecule has 0 aliphatic carbocycles. The van der Waals surface area contributed by atoms with Crippen LogP contribution in [0.3, 0.4) is 0 Å². The Morgan fingerprint density at radius 3 is 2.50 bits per heavy atom. The lowest BCUT2D eigenvalue weighted by molar-refractivity contribution is -0.137. The average molecular weight is 337 g/mol. The van der Waals surface area contributed by atoms with Crippen molar-refractivity contribution in [2.75, 3.05) is 11.9 Å². The van der Waals surface area contributed by atoms with Gasteiger partial charge >= 0.3 is 6.18 Å². The van der Waals surface area contributed by atoms with E-state index in [9.17, 15) is 18.0 Å². The first-order chi connectivity index (χ1) is 11.3. The van der Waals surface area contributed by atoms with Crippen molar-refractivity contribution in [2.45, 2.75) is 25.9 Å². The van der Waals surface area contributed by atoms with Crippen LogP contribution in [0.2, 0.25) is 0 Å². The summed E-state index contributed by atoms with van der Waals surface area (Å²) in [4.78, 5) is 11.9. The SMILES string of the molecule is CC(C)c1ccccc1OCC(=O)Nc1cccc(C(F)(F)F)c1. The van der Waals surface area contributed by atoms with Crippen LogP contribution in [0.25, 0.3) is 0 Å². The molecule has 0 fully saturated rings. The fourth-order valence-electron chi connectivity index (χ4n) is 2.20. The minimum absolute atomic E-state index is 0.0792. The molecule has 0 unspecified atom stereocenters. The molecule has 0 aromatic heterocycles. The Kier molecular flexibility index (Phi) is 5.49. The summed E-state index contributed by atoms with van der Waals surface area (Å²) in [6.45, 7) is 3.73. The van der Waals surface area contributed by atoms with Crippen molar-refractivity contribution in [2.24, 2.45) is 0 Å². The minimum atomic E-state index is -4.45. The molecule has 24 heavy (non-hydrogen) atoms. The third-order valence-electron chi connectivity index (χ3n) is 3.37. The fourth-order valence-corrected chi connectivity index (χ4v) is 2.20. The van der Waals surface area contributed by atoms with Crippen molar-refractivity contribution in [3.63, 3.8) is 0 Å². The smallest absolute Gasteiger partial charge is 0.416 e. The van der Waals surface area contributed by atoms with Crippen LogP contribution in [0.1, 0.15) is 30.9 Å². The Morgan fingerprint density at radius 2 is 1.83 bits per heavy atom. The summed E-state index contributed by atoms with van der Waals surface area (Å²) < 4.78 is 43.5. The van der Waals surface area contributed by atoms with Gasteiger partial charge in [-0.3, -0.25) is 4.79 Å². The van der Waals surface area contributed by atoms with Gasteiger partial charge in [0.25, 0.3) is 5.91 Å². The number of benzene rings is 2. The highest BCUT2D eigenvalue weighted by atomic mass is 19.4. The molecule has 0 bridgehead atoms. The maximum Gasteiger partial charge on any atom is 0.416 e. The van der Waals surface area contributed by atoms with E-state index in [0.29, 0.717) is 5.75 Å². The van der Waals surface area contributed by atoms with Crippen LogP contribution in [0, 0.1) is 0 Å². The summed E-state index contributed by atoms with van der Waals surface area (Å²) in [5.74, 6) is 0.298. The monoisotopic (exact) mass is 337 g/mol. The fraction of sp³-hybridized carbons (Fsp3) is 0.278. The Balaban J connectivity index is 2.00. The van der Waals surface area contributed by atoms with E-state index in [1.54, 1.807) is 12.1 Å². The number of ether oxygens (including phenoxy) is 1. The van der Waals surface area contributed by atoms with Crippen LogP contribution in [0.5, 0.6) is 5.75 Å². The van der Waals surface area contributed by atoms with E-state index in [4.69, 9.17) is 4.74 Å². The summed E-state index contributed by atoms with van der Waals surface area (Å²) >= 11 is 0. The lowest BCUT2D eigenvalue weighted by Crippen LogP contribution is -2.21. The van der Waals surface area contributed by atoms with E-state index < -0.39 is 17.6 Å². The molecule has 0 saturated carbocycles. The zero-order chi connectivity index (χ0) is 17.7. The van der Waals surface area contributed by atoms with Crippen LogP contribution < -0.4 is 10.1 Å². The summed E-state index contributed by atoms with van der Waals surface area (Å²) in [7, 11) is 0. The Bertz CT molecular complexity index is 711. The first-order valence-corrected chi connectivity index (χ1v) is 7.46. The molecule has 128 valence electrons. The summed E-state index contributed by atoms with van der Waals surface area (Å²) in [5, 5.41) is 2.41. The van der Waals surface area contributed by atoms with Gasteiger partial charge in [-0.2, -0.15) is 13.2 Å². The number of carbonyl (C=O) groups excluding carboxylic acids is 1. The van der Waals surface area contributed by atoms with Gasteiger partial charge in [0.2, 0.25) is 0 Å². The molecular formula is C18H18F3NO2. The van der Waals surface area contributed by atoms with Gasteiger partial charge in [-0.1, -0.05) is 38.1 Å². The van der Waals surface area contributed by atoms with Crippen molar-refractivity contribution in [1.29, 1.82) is 0 Å². The van der Waals surface area contributed by atoms with Gasteiger partial charge in [0.15, 0.2) is 6.61 Å². The quantitative estimate of drug-likeness (QED) is 0.847. The van der Waals surface area contributed by atoms with Crippen molar-refractivity contribution in [3.05, 3.63) is 59.7 Å². The van der Waals surface area contributed by atoms with Gasteiger partial charge in [0.05, 0.1) is 5.56 Å². The molecule has 0 aliphatic rings. The second-order valence-corrected chi connectivity index (χ2v) is 5.61. The van der Waals surface area contributed by atoms with Gasteiger partial charge in [0, 0.05) is 5.69 Å². The zero-order valence-electron chi connectivity index (χ0n) is 13.4. The van der Waals surface area contributed by atoms with E-state index >= 15 is 0 Å². The third-order valence-corrected chi connectivity index (χ3v) is 3.37. The summed E-state index contributed by atoms with van der Waals surface area (Å²) in [6.07, 6.45) is -4.45. The van der Waals surface area contributed by atoms with E-state index in [1.807, 2.05) is 26.0 Å². The number of carbonyl (C=O) groups is 1. The van der Waals surface area contributed by atoms with Crippen LogP contribution in [0.15, 0.2) is 48.5 Å². The molecule has 0 saturated heterocycles. The number of amides is 1. The second kappa shape index (κ2) is 7.38. The average Bonchev–Trinajstić information content (AvgIpc) is 2.52. The Labute approximate surface area is 138 Å². The first kappa shape index (κ1) is 17.8. The molecule has 2 aromatic rings. The molecule has 0 atom stereocenters. The molecule has 2 rings (SSSR count). The predicted molar refractivity (Wildman–Crippen MR) is 86.1 cm³/mol. The molecule has 3 nitrogen and oxygen atoms in total. The van der Waals surface area contributed by atoms with Gasteiger partial charge in [-0.15, -0.1) is 0 Å². The standard InChI is InChI=1S/C18H18F3NO2/c1-12(2)15-8-3-4-9-16(15)24-11-17(23)22-14-7-5-6-13(10-14)18(19,20)21/h3-10,12H,11H2,1-2H3,(H,22,23). The number of nitrogens with one attached hydrogen (secondary N) is 1. The van der Waals surface area contributed by atoms with E-state index in [2.05, 4.69) is 5.32 Å². The van der Waals surface area contributed by atoms with E-state index in [-0.39, 0.29) is 18.2 Å². The lowest BCUT2D eigenvalue weighted by atomic mass is 10.0. The van der Waals surface area contributed by atoms with E-state index in [1.165, 1.54) is 12.1 Å². The molecule has 0 heterocycles. The third kappa shape index (κ3) is 4.75. The van der Waals surface area contributed by atoms with Gasteiger partial charge in [-0.25, -0.2) is 0 Å². The highest BCUT2D eigenvalue weighted by molar-refractivity contribution is 5.92. The maximum atomic E-state index is 12.7. The van der Waals surface area contributed by atoms with Crippen LogP contribution in [0.4, 0.5) is 18.9 Å². The van der Waals surface area contributed by atoms with Gasteiger partial charge in [0.1, 0.15) is 5.75 Å². The van der Waals surface area contributed by atoms with Gasteiger partial charge in [-0.05, 0) is 35.7 Å². The lowest BCUT2D eigenvalue weighted by Gasteiger charge is -2.14. The van der Waals surface area contributed by atoms with Crippen molar-refractivity contribution < 1.29 is 22.7 Å². The Hall–Kier alpha value is -2.50. The topological polar surface area (TPSA) is 38.3 Å². The number of anilines is 1. The molecule has 0 spiro atoms. The minimum Gasteiger partial charge on any atom is -0.483 e. The van der Waals surface area contributed by atoms with Gasteiger partial charge < -0.3 is 10.1 Å². The summed E-state index contributed by atoms with van der Waals surface area (Å²) in [6, 6.07) is 11.8. The predicted octanol–water partition coefficient (Wildman–Crippen LogP) is 4.85. The number of para-hydroxylation sites is 1. The highest BCUT2D eigenvalue weighted by Gasteiger charge is 2.30. The van der Waals surface area contributed by atoms with Crippen molar-refractivity contribution in [3.8, 4) is 5.75 Å². The molecule has 6 heteroatoms. The first-order valence-electron chi connectivity index (χ1n) is 7.46. The number of rotatable bonds is 5. The zero-order valence-corrected chi connectivity index (χ0v) is 13.4. The van der Waals surface area contributed by atoms with Crippen molar-refractivity contribution >= 4 is 11.6 Å². The molecular weight excluding hydrogens is 319 g/mol. The molecule has 0 radical (unpaired) electrons. The normalized spacial score (nSPS) is 11.4. The number of halogens is 3. The van der Waals surface area contributed by atoms with E-state index in [0.717, 1.165) is 17.7 Å². The van der Waals surface area contributed by atoms with Crippen LogP contribution in [-0.2, 0) is 11.0 Å². The molecule has 1 amide bonds. The van der Waals surface area contributed by atoms with Crippen LogP contribution >= 0.6 is 0 Å². The van der Waals surface area contributed by atoms with Crippen molar-refractivity contribution in [1.82, 2.24) is 0 Å². The highest BCUT2D eigenvalue weighted by Crippen LogP contribution is 2.30. The Morgan fingerprint density at radius 1 is 1.12 bits per heavy atom. The number of hydrogen-bond donors (Lipinski definition) is 1. The van der Waals surface area contributed by atoms with Crippen LogP contribution in [-0.4, -0.2) is 12.5 Å². The molecule has 1 N–H and O–H groups in total. The summed E-state index contributed by atoms with van der Waals surface area (Å²) in [5.41, 5.74) is 0.228.